The molecule has 0 fully saturated rings. The maximum atomic E-state index is 11.0. The molecule has 2 aromatic rings. The highest BCUT2D eigenvalue weighted by Crippen LogP contribution is 2.30. The Bertz CT molecular complexity index is 545. The maximum Gasteiger partial charge on any atom is 0.306 e. The number of carboxylic acids is 1. The van der Waals surface area contributed by atoms with E-state index < -0.39 is 11.9 Å². The number of nitrogens with zero attached hydrogens (tertiary/aromatic N) is 1. The Kier molecular flexibility index (Phi) is 3.09. The van der Waals surface area contributed by atoms with Gasteiger partial charge in [-0.05, 0) is 22.9 Å². The molecule has 0 aliphatic rings. The zero-order valence-electron chi connectivity index (χ0n) is 9.92. The van der Waals surface area contributed by atoms with Gasteiger partial charge in [-0.15, -0.1) is 0 Å². The van der Waals surface area contributed by atoms with Crippen LogP contribution in [0.3, 0.4) is 0 Å². The molecule has 88 valence electrons. The lowest BCUT2D eigenvalue weighted by molar-refractivity contribution is -0.141. The fourth-order valence-electron chi connectivity index (χ4n) is 2.03. The monoisotopic (exact) mass is 229 g/mol. The summed E-state index contributed by atoms with van der Waals surface area (Å²) in [4.78, 5) is 15.1. The molecule has 0 radical (unpaired) electrons. The summed E-state index contributed by atoms with van der Waals surface area (Å²) in [5.74, 6) is -1.17. The first kappa shape index (κ1) is 11.6. The van der Waals surface area contributed by atoms with E-state index in [0.717, 1.165) is 16.3 Å². The lowest BCUT2D eigenvalue weighted by Gasteiger charge is -2.18. The summed E-state index contributed by atoms with van der Waals surface area (Å²) in [7, 11) is 0. The number of hydrogen-bond donors (Lipinski definition) is 1. The van der Waals surface area contributed by atoms with Crippen molar-refractivity contribution in [1.29, 1.82) is 0 Å². The van der Waals surface area contributed by atoms with Gasteiger partial charge < -0.3 is 5.11 Å². The van der Waals surface area contributed by atoms with E-state index in [-0.39, 0.29) is 5.92 Å². The van der Waals surface area contributed by atoms with E-state index in [1.54, 1.807) is 19.3 Å². The number of carboxylic acid groups (broad SMARTS) is 1. The molecule has 0 spiro atoms. The first-order valence-corrected chi connectivity index (χ1v) is 5.66. The van der Waals surface area contributed by atoms with Crippen molar-refractivity contribution in [2.45, 2.75) is 19.8 Å². The average Bonchev–Trinajstić information content (AvgIpc) is 2.36. The van der Waals surface area contributed by atoms with Crippen molar-refractivity contribution in [3.05, 3.63) is 42.2 Å². The van der Waals surface area contributed by atoms with Crippen LogP contribution >= 0.6 is 0 Å². The van der Waals surface area contributed by atoms with E-state index in [9.17, 15) is 4.79 Å². The Labute approximate surface area is 100 Å². The van der Waals surface area contributed by atoms with Gasteiger partial charge in [0.1, 0.15) is 0 Å². The molecule has 0 saturated heterocycles. The number of rotatable bonds is 3. The van der Waals surface area contributed by atoms with Gasteiger partial charge in [0.25, 0.3) is 0 Å². The molecule has 1 aromatic carbocycles. The molecule has 1 heterocycles. The quantitative estimate of drug-likeness (QED) is 0.880. The lowest BCUT2D eigenvalue weighted by Crippen LogP contribution is -2.16. The van der Waals surface area contributed by atoms with Gasteiger partial charge in [0.05, 0.1) is 5.92 Å². The summed E-state index contributed by atoms with van der Waals surface area (Å²) < 4.78 is 0. The topological polar surface area (TPSA) is 50.2 Å². The molecule has 2 unspecified atom stereocenters. The number of aromatic nitrogens is 1. The van der Waals surface area contributed by atoms with Crippen LogP contribution in [-0.4, -0.2) is 16.1 Å². The van der Waals surface area contributed by atoms with E-state index in [0.29, 0.717) is 0 Å². The van der Waals surface area contributed by atoms with Crippen molar-refractivity contribution in [2.75, 3.05) is 0 Å². The summed E-state index contributed by atoms with van der Waals surface area (Å²) in [6, 6.07) is 7.87. The van der Waals surface area contributed by atoms with Gasteiger partial charge in [0.2, 0.25) is 0 Å². The Morgan fingerprint density at radius 1 is 1.29 bits per heavy atom. The van der Waals surface area contributed by atoms with Crippen LogP contribution in [0.15, 0.2) is 36.7 Å². The second kappa shape index (κ2) is 4.53. The van der Waals surface area contributed by atoms with Crippen molar-refractivity contribution in [2.24, 2.45) is 5.92 Å². The normalized spacial score (nSPS) is 14.5. The Morgan fingerprint density at radius 2 is 2.06 bits per heavy atom. The predicted octanol–water partition coefficient (Wildman–Crippen LogP) is 3.06. The smallest absolute Gasteiger partial charge is 0.306 e. The van der Waals surface area contributed by atoms with E-state index in [1.807, 2.05) is 31.2 Å². The summed E-state index contributed by atoms with van der Waals surface area (Å²) in [6.07, 6.45) is 3.54. The first-order valence-electron chi connectivity index (χ1n) is 5.66. The molecule has 1 aromatic heterocycles. The van der Waals surface area contributed by atoms with Crippen LogP contribution < -0.4 is 0 Å². The highest BCUT2D eigenvalue weighted by molar-refractivity contribution is 5.86. The van der Waals surface area contributed by atoms with Crippen molar-refractivity contribution in [1.82, 2.24) is 4.98 Å². The minimum absolute atomic E-state index is 0.0152. The van der Waals surface area contributed by atoms with Crippen LogP contribution in [0.5, 0.6) is 0 Å². The van der Waals surface area contributed by atoms with Gasteiger partial charge in [-0.3, -0.25) is 9.78 Å². The molecular weight excluding hydrogens is 214 g/mol. The number of pyridine rings is 1. The molecule has 0 amide bonds. The van der Waals surface area contributed by atoms with E-state index >= 15 is 0 Å². The molecule has 0 saturated carbocycles. The molecular formula is C14H15NO2. The maximum absolute atomic E-state index is 11.0. The Balaban J connectivity index is 2.52. The Morgan fingerprint density at radius 3 is 2.76 bits per heavy atom. The van der Waals surface area contributed by atoms with Crippen molar-refractivity contribution in [3.8, 4) is 0 Å². The van der Waals surface area contributed by atoms with Gasteiger partial charge in [0.15, 0.2) is 0 Å². The van der Waals surface area contributed by atoms with E-state index in [1.165, 1.54) is 0 Å². The molecule has 17 heavy (non-hydrogen) atoms. The highest BCUT2D eigenvalue weighted by atomic mass is 16.4. The van der Waals surface area contributed by atoms with Crippen LogP contribution in [0.1, 0.15) is 25.3 Å². The fourth-order valence-corrected chi connectivity index (χ4v) is 2.03. The van der Waals surface area contributed by atoms with Crippen molar-refractivity contribution < 1.29 is 9.90 Å². The van der Waals surface area contributed by atoms with Crippen molar-refractivity contribution >= 4 is 16.7 Å². The number of hydrogen-bond acceptors (Lipinski definition) is 2. The lowest BCUT2D eigenvalue weighted by atomic mass is 9.86. The molecule has 0 bridgehead atoms. The fraction of sp³-hybridized carbons (Fsp3) is 0.286. The summed E-state index contributed by atoms with van der Waals surface area (Å²) in [6.45, 7) is 3.70. The first-order chi connectivity index (χ1) is 8.11. The van der Waals surface area contributed by atoms with Gasteiger partial charge in [-0.1, -0.05) is 32.0 Å². The molecule has 2 atom stereocenters. The standard InChI is InChI=1S/C14H15NO2/c1-9(10(2)14(16)17)12-5-3-4-11-8-15-7-6-13(11)12/h3-10H,1-2H3,(H,16,17). The van der Waals surface area contributed by atoms with E-state index in [4.69, 9.17) is 5.11 Å². The van der Waals surface area contributed by atoms with Crippen LogP contribution in [0, 0.1) is 5.92 Å². The van der Waals surface area contributed by atoms with Crippen LogP contribution in [-0.2, 0) is 4.79 Å². The summed E-state index contributed by atoms with van der Waals surface area (Å²) >= 11 is 0. The van der Waals surface area contributed by atoms with Gasteiger partial charge in [-0.25, -0.2) is 0 Å². The third-order valence-electron chi connectivity index (χ3n) is 3.34. The average molecular weight is 229 g/mol. The second-order valence-electron chi connectivity index (χ2n) is 4.36. The largest absolute Gasteiger partial charge is 0.481 e. The van der Waals surface area contributed by atoms with Gasteiger partial charge >= 0.3 is 5.97 Å². The number of benzene rings is 1. The number of carbonyl (C=O) groups is 1. The minimum Gasteiger partial charge on any atom is -0.481 e. The molecule has 0 aliphatic carbocycles. The summed E-state index contributed by atoms with van der Waals surface area (Å²) in [5.41, 5.74) is 1.07. The van der Waals surface area contributed by atoms with E-state index in [2.05, 4.69) is 4.98 Å². The second-order valence-corrected chi connectivity index (χ2v) is 4.36. The third-order valence-corrected chi connectivity index (χ3v) is 3.34. The minimum atomic E-state index is -0.761. The number of aliphatic carboxylic acids is 1. The van der Waals surface area contributed by atoms with Crippen molar-refractivity contribution in [3.63, 3.8) is 0 Å². The van der Waals surface area contributed by atoms with Crippen LogP contribution in [0.2, 0.25) is 0 Å². The van der Waals surface area contributed by atoms with Gasteiger partial charge in [0, 0.05) is 17.8 Å². The highest BCUT2D eigenvalue weighted by Gasteiger charge is 2.22. The molecule has 3 nitrogen and oxygen atoms in total. The van der Waals surface area contributed by atoms with Gasteiger partial charge in [-0.2, -0.15) is 0 Å². The number of fused-ring (bicyclic) bond motifs is 1. The Hall–Kier alpha value is -1.90. The van der Waals surface area contributed by atoms with Crippen LogP contribution in [0.25, 0.3) is 10.8 Å². The SMILES string of the molecule is CC(C(=O)O)C(C)c1cccc2cnccc12. The summed E-state index contributed by atoms with van der Waals surface area (Å²) in [5, 5.41) is 11.2. The molecule has 2 rings (SSSR count). The zero-order chi connectivity index (χ0) is 12.4. The molecule has 0 aliphatic heterocycles. The third kappa shape index (κ3) is 2.13. The molecule has 1 N–H and O–H groups in total. The predicted molar refractivity (Wildman–Crippen MR) is 67.0 cm³/mol. The zero-order valence-corrected chi connectivity index (χ0v) is 9.92. The molecule has 3 heteroatoms. The van der Waals surface area contributed by atoms with Crippen LogP contribution in [0.4, 0.5) is 0 Å².